The number of imidazole rings is 1. The Morgan fingerprint density at radius 2 is 1.72 bits per heavy atom. The summed E-state index contributed by atoms with van der Waals surface area (Å²) >= 11 is 0. The molecule has 0 unspecified atom stereocenters. The third-order valence-corrected chi connectivity index (χ3v) is 5.12. The van der Waals surface area contributed by atoms with Gasteiger partial charge in [-0.15, -0.1) is 0 Å². The zero-order valence-corrected chi connectivity index (χ0v) is 17.2. The van der Waals surface area contributed by atoms with Gasteiger partial charge in [0.05, 0.1) is 30.0 Å². The van der Waals surface area contributed by atoms with Crippen LogP contribution < -0.4 is 9.62 Å². The maximum absolute atomic E-state index is 11.5. The Bertz CT molecular complexity index is 1300. The first kappa shape index (κ1) is 18.9. The van der Waals surface area contributed by atoms with Crippen LogP contribution in [-0.2, 0) is 10.0 Å². The second-order valence-corrected chi connectivity index (χ2v) is 8.79. The van der Waals surface area contributed by atoms with Gasteiger partial charge in [0.2, 0.25) is 10.0 Å². The summed E-state index contributed by atoms with van der Waals surface area (Å²) in [5.74, 6) is 0. The van der Waals surface area contributed by atoms with Crippen molar-refractivity contribution in [1.29, 1.82) is 0 Å². The molecule has 0 aliphatic rings. The lowest BCUT2D eigenvalue weighted by atomic mass is 10.1. The van der Waals surface area contributed by atoms with Gasteiger partial charge in [-0.05, 0) is 24.3 Å². The summed E-state index contributed by atoms with van der Waals surface area (Å²) in [6, 6.07) is 15.4. The van der Waals surface area contributed by atoms with Crippen molar-refractivity contribution in [1.82, 2.24) is 14.4 Å². The Morgan fingerprint density at radius 1 is 0.966 bits per heavy atom. The van der Waals surface area contributed by atoms with Gasteiger partial charge in [-0.3, -0.25) is 14.1 Å². The lowest BCUT2D eigenvalue weighted by Crippen LogP contribution is -2.09. The minimum atomic E-state index is -3.35. The van der Waals surface area contributed by atoms with E-state index in [1.54, 1.807) is 24.4 Å². The van der Waals surface area contributed by atoms with Crippen LogP contribution in [0.15, 0.2) is 67.1 Å². The van der Waals surface area contributed by atoms with Crippen molar-refractivity contribution in [3.05, 3.63) is 67.1 Å². The number of fused-ring (bicyclic) bond motifs is 1. The molecule has 4 aromatic rings. The molecule has 148 valence electrons. The van der Waals surface area contributed by atoms with Crippen LogP contribution in [0, 0.1) is 0 Å². The standard InChI is InChI=1S/C21H21N5O2S/c1-25(2)18-9-5-7-16(11-18)20-12-23-21-13-22-19(14-26(20)21)15-6-4-8-17(10-15)24-29(3,27)28/h4-14,24H,1-3H3. The number of hydrogen-bond donors (Lipinski definition) is 1. The highest BCUT2D eigenvalue weighted by atomic mass is 32.2. The SMILES string of the molecule is CN(C)c1cccc(-c2cnc3cnc(-c4cccc(NS(C)(=O)=O)c4)cn23)c1. The quantitative estimate of drug-likeness (QED) is 0.548. The van der Waals surface area contributed by atoms with E-state index in [4.69, 9.17) is 0 Å². The zero-order chi connectivity index (χ0) is 20.6. The maximum Gasteiger partial charge on any atom is 0.229 e. The topological polar surface area (TPSA) is 79.6 Å². The zero-order valence-electron chi connectivity index (χ0n) is 16.4. The van der Waals surface area contributed by atoms with E-state index in [2.05, 4.69) is 31.7 Å². The number of aromatic nitrogens is 3. The van der Waals surface area contributed by atoms with Gasteiger partial charge in [0.1, 0.15) is 0 Å². The first-order valence-corrected chi connectivity index (χ1v) is 10.9. The van der Waals surface area contributed by atoms with Crippen LogP contribution >= 0.6 is 0 Å². The fourth-order valence-electron chi connectivity index (χ4n) is 3.15. The Kier molecular flexibility index (Phi) is 4.71. The van der Waals surface area contributed by atoms with Crippen LogP contribution in [0.2, 0.25) is 0 Å². The Morgan fingerprint density at radius 3 is 2.48 bits per heavy atom. The number of hydrogen-bond acceptors (Lipinski definition) is 5. The second-order valence-electron chi connectivity index (χ2n) is 7.04. The second kappa shape index (κ2) is 7.21. The van der Waals surface area contributed by atoms with Crippen molar-refractivity contribution in [3.63, 3.8) is 0 Å². The van der Waals surface area contributed by atoms with Crippen LogP contribution in [0.5, 0.6) is 0 Å². The molecule has 0 atom stereocenters. The number of anilines is 2. The van der Waals surface area contributed by atoms with Gasteiger partial charge < -0.3 is 4.90 Å². The molecule has 29 heavy (non-hydrogen) atoms. The Hall–Kier alpha value is -3.39. The molecule has 0 amide bonds. The van der Waals surface area contributed by atoms with Crippen molar-refractivity contribution in [2.75, 3.05) is 30.0 Å². The van der Waals surface area contributed by atoms with Gasteiger partial charge in [0.15, 0.2) is 5.65 Å². The molecule has 0 radical (unpaired) electrons. The van der Waals surface area contributed by atoms with Crippen LogP contribution in [0.25, 0.3) is 28.2 Å². The van der Waals surface area contributed by atoms with Crippen molar-refractivity contribution in [2.24, 2.45) is 0 Å². The van der Waals surface area contributed by atoms with Gasteiger partial charge in [-0.25, -0.2) is 13.4 Å². The van der Waals surface area contributed by atoms with Gasteiger partial charge in [-0.1, -0.05) is 24.3 Å². The van der Waals surface area contributed by atoms with E-state index in [-0.39, 0.29) is 0 Å². The van der Waals surface area contributed by atoms with Crippen LogP contribution in [0.3, 0.4) is 0 Å². The number of benzene rings is 2. The molecular weight excluding hydrogens is 386 g/mol. The fourth-order valence-corrected chi connectivity index (χ4v) is 3.71. The number of nitrogens with zero attached hydrogens (tertiary/aromatic N) is 4. The van der Waals surface area contributed by atoms with Crippen LogP contribution in [-0.4, -0.2) is 43.1 Å². The first-order valence-electron chi connectivity index (χ1n) is 8.99. The molecule has 0 aliphatic heterocycles. The fraction of sp³-hybridized carbons (Fsp3) is 0.143. The molecule has 0 spiro atoms. The molecule has 0 saturated heterocycles. The number of sulfonamides is 1. The van der Waals surface area contributed by atoms with Crippen molar-refractivity contribution < 1.29 is 8.42 Å². The summed E-state index contributed by atoms with van der Waals surface area (Å²) in [5, 5.41) is 0. The summed E-state index contributed by atoms with van der Waals surface area (Å²) < 4.78 is 27.5. The van der Waals surface area contributed by atoms with Crippen molar-refractivity contribution >= 4 is 27.0 Å². The summed E-state index contributed by atoms with van der Waals surface area (Å²) in [6.07, 6.45) is 6.59. The van der Waals surface area contributed by atoms with Gasteiger partial charge in [0, 0.05) is 42.8 Å². The van der Waals surface area contributed by atoms with E-state index in [1.165, 1.54) is 0 Å². The summed E-state index contributed by atoms with van der Waals surface area (Å²) in [5.41, 5.74) is 5.87. The highest BCUT2D eigenvalue weighted by molar-refractivity contribution is 7.92. The third-order valence-electron chi connectivity index (χ3n) is 4.52. The minimum Gasteiger partial charge on any atom is -0.378 e. The van der Waals surface area contributed by atoms with Gasteiger partial charge in [-0.2, -0.15) is 0 Å². The molecule has 8 heteroatoms. The monoisotopic (exact) mass is 407 g/mol. The normalized spacial score (nSPS) is 11.6. The molecule has 7 nitrogen and oxygen atoms in total. The molecule has 0 aliphatic carbocycles. The third kappa shape index (κ3) is 4.07. The molecule has 2 heterocycles. The lowest BCUT2D eigenvalue weighted by molar-refractivity contribution is 0.607. The smallest absolute Gasteiger partial charge is 0.229 e. The van der Waals surface area contributed by atoms with Gasteiger partial charge >= 0.3 is 0 Å². The predicted molar refractivity (Wildman–Crippen MR) is 117 cm³/mol. The predicted octanol–water partition coefficient (Wildman–Crippen LogP) is 3.50. The molecule has 2 aromatic heterocycles. The van der Waals surface area contributed by atoms with E-state index in [0.29, 0.717) is 5.69 Å². The van der Waals surface area contributed by atoms with E-state index in [9.17, 15) is 8.42 Å². The molecule has 2 aromatic carbocycles. The molecule has 0 saturated carbocycles. The van der Waals surface area contributed by atoms with Crippen molar-refractivity contribution in [3.8, 4) is 22.5 Å². The van der Waals surface area contributed by atoms with Crippen molar-refractivity contribution in [2.45, 2.75) is 0 Å². The average molecular weight is 407 g/mol. The molecule has 1 N–H and O–H groups in total. The van der Waals surface area contributed by atoms with E-state index in [1.807, 2.05) is 49.1 Å². The van der Waals surface area contributed by atoms with Crippen LogP contribution in [0.1, 0.15) is 0 Å². The van der Waals surface area contributed by atoms with Crippen LogP contribution in [0.4, 0.5) is 11.4 Å². The summed E-state index contributed by atoms with van der Waals surface area (Å²) in [7, 11) is 0.669. The van der Waals surface area contributed by atoms with E-state index < -0.39 is 10.0 Å². The summed E-state index contributed by atoms with van der Waals surface area (Å²) in [6.45, 7) is 0. The minimum absolute atomic E-state index is 0.497. The molecular formula is C21H21N5O2S. The molecule has 0 fully saturated rings. The highest BCUT2D eigenvalue weighted by Gasteiger charge is 2.10. The van der Waals surface area contributed by atoms with E-state index >= 15 is 0 Å². The largest absolute Gasteiger partial charge is 0.378 e. The maximum atomic E-state index is 11.5. The Labute approximate surface area is 169 Å². The number of nitrogens with one attached hydrogen (secondary N) is 1. The molecule has 0 bridgehead atoms. The lowest BCUT2D eigenvalue weighted by Gasteiger charge is -2.13. The Balaban J connectivity index is 1.79. The highest BCUT2D eigenvalue weighted by Crippen LogP contribution is 2.27. The average Bonchev–Trinajstić information content (AvgIpc) is 3.10. The first-order chi connectivity index (χ1) is 13.8. The number of rotatable bonds is 5. The summed E-state index contributed by atoms with van der Waals surface area (Å²) in [4.78, 5) is 11.0. The van der Waals surface area contributed by atoms with E-state index in [0.717, 1.165) is 40.1 Å². The molecule has 4 rings (SSSR count). The van der Waals surface area contributed by atoms with Gasteiger partial charge in [0.25, 0.3) is 0 Å².